The number of aryl methyl sites for hydroxylation is 2. The van der Waals surface area contributed by atoms with E-state index in [0.29, 0.717) is 16.2 Å². The second-order valence-corrected chi connectivity index (χ2v) is 5.93. The van der Waals surface area contributed by atoms with Gasteiger partial charge >= 0.3 is 0 Å². The van der Waals surface area contributed by atoms with E-state index in [1.807, 2.05) is 37.4 Å². The van der Waals surface area contributed by atoms with Crippen molar-refractivity contribution in [2.75, 3.05) is 0 Å². The Morgan fingerprint density at radius 2 is 2.05 bits per heavy atom. The Bertz CT molecular complexity index is 772. The van der Waals surface area contributed by atoms with E-state index in [2.05, 4.69) is 30.9 Å². The summed E-state index contributed by atoms with van der Waals surface area (Å²) in [7, 11) is 0. The van der Waals surface area contributed by atoms with E-state index in [4.69, 9.17) is 4.74 Å². The number of halogens is 1. The third-order valence-electron chi connectivity index (χ3n) is 2.81. The fourth-order valence-corrected chi connectivity index (χ4v) is 3.06. The van der Waals surface area contributed by atoms with Crippen molar-refractivity contribution < 1.29 is 4.74 Å². The molecule has 0 N–H and O–H groups in total. The number of ether oxygens (including phenoxy) is 1. The molecule has 6 heteroatoms. The van der Waals surface area contributed by atoms with Crippen LogP contribution in [0.1, 0.15) is 18.4 Å². The SMILES string of the molecule is CCc1nc(Oc2ccc(C)nc2Br)c2ccsc2n1. The third kappa shape index (κ3) is 2.53. The number of aromatic nitrogens is 3. The van der Waals surface area contributed by atoms with Crippen molar-refractivity contribution in [3.05, 3.63) is 39.7 Å². The van der Waals surface area contributed by atoms with Crippen molar-refractivity contribution in [1.82, 2.24) is 15.0 Å². The maximum Gasteiger partial charge on any atom is 0.231 e. The lowest BCUT2D eigenvalue weighted by molar-refractivity contribution is 0.460. The van der Waals surface area contributed by atoms with Crippen LogP contribution in [0.4, 0.5) is 0 Å². The highest BCUT2D eigenvalue weighted by atomic mass is 79.9. The summed E-state index contributed by atoms with van der Waals surface area (Å²) in [5.74, 6) is 2.02. The van der Waals surface area contributed by atoms with E-state index >= 15 is 0 Å². The van der Waals surface area contributed by atoms with Crippen LogP contribution in [0, 0.1) is 6.92 Å². The molecule has 0 bridgehead atoms. The van der Waals surface area contributed by atoms with Gasteiger partial charge in [-0.2, -0.15) is 4.98 Å². The predicted octanol–water partition coefficient (Wildman–Crippen LogP) is 4.51. The molecule has 0 aromatic carbocycles. The third-order valence-corrected chi connectivity index (χ3v) is 4.19. The van der Waals surface area contributed by atoms with Crippen LogP contribution >= 0.6 is 27.3 Å². The van der Waals surface area contributed by atoms with Crippen LogP contribution in [0.25, 0.3) is 10.2 Å². The van der Waals surface area contributed by atoms with E-state index in [1.165, 1.54) is 0 Å². The summed E-state index contributed by atoms with van der Waals surface area (Å²) in [5.41, 5.74) is 0.932. The van der Waals surface area contributed by atoms with E-state index in [9.17, 15) is 0 Å². The quantitative estimate of drug-likeness (QED) is 0.652. The van der Waals surface area contributed by atoms with Gasteiger partial charge in [-0.15, -0.1) is 11.3 Å². The number of hydrogen-bond acceptors (Lipinski definition) is 5. The normalized spacial score (nSPS) is 10.9. The maximum atomic E-state index is 5.92. The maximum absolute atomic E-state index is 5.92. The first kappa shape index (κ1) is 13.5. The number of pyridine rings is 1. The summed E-state index contributed by atoms with van der Waals surface area (Å²) >= 11 is 5.01. The van der Waals surface area contributed by atoms with Gasteiger partial charge < -0.3 is 4.74 Å². The summed E-state index contributed by atoms with van der Waals surface area (Å²) in [6.07, 6.45) is 0.775. The highest BCUT2D eigenvalue weighted by Crippen LogP contribution is 2.33. The van der Waals surface area contributed by atoms with Crippen molar-refractivity contribution in [2.45, 2.75) is 20.3 Å². The predicted molar refractivity (Wildman–Crippen MR) is 83.5 cm³/mol. The molecule has 0 saturated heterocycles. The first-order chi connectivity index (χ1) is 9.67. The first-order valence-corrected chi connectivity index (χ1v) is 7.89. The topological polar surface area (TPSA) is 47.9 Å². The minimum atomic E-state index is 0.583. The Morgan fingerprint density at radius 3 is 2.80 bits per heavy atom. The van der Waals surface area contributed by atoms with Gasteiger partial charge in [0, 0.05) is 12.1 Å². The van der Waals surface area contributed by atoms with Crippen molar-refractivity contribution >= 4 is 37.5 Å². The monoisotopic (exact) mass is 349 g/mol. The Kier molecular flexibility index (Phi) is 3.67. The van der Waals surface area contributed by atoms with Crippen LogP contribution in [0.5, 0.6) is 11.6 Å². The van der Waals surface area contributed by atoms with Crippen molar-refractivity contribution in [2.24, 2.45) is 0 Å². The molecule has 0 unspecified atom stereocenters. The Hall–Kier alpha value is -1.53. The molecule has 0 atom stereocenters. The molecule has 0 saturated carbocycles. The zero-order chi connectivity index (χ0) is 14.1. The second-order valence-electron chi connectivity index (χ2n) is 4.28. The summed E-state index contributed by atoms with van der Waals surface area (Å²) < 4.78 is 6.60. The van der Waals surface area contributed by atoms with Gasteiger partial charge in [0.1, 0.15) is 15.3 Å². The zero-order valence-corrected chi connectivity index (χ0v) is 13.5. The molecule has 0 fully saturated rings. The molecule has 20 heavy (non-hydrogen) atoms. The number of thiophene rings is 1. The number of fused-ring (bicyclic) bond motifs is 1. The summed E-state index contributed by atoms with van der Waals surface area (Å²) in [4.78, 5) is 14.2. The first-order valence-electron chi connectivity index (χ1n) is 6.22. The molecule has 3 aromatic heterocycles. The number of nitrogens with zero attached hydrogens (tertiary/aromatic N) is 3. The number of hydrogen-bond donors (Lipinski definition) is 0. The molecule has 0 aliphatic rings. The van der Waals surface area contributed by atoms with Crippen LogP contribution < -0.4 is 4.74 Å². The second kappa shape index (κ2) is 5.46. The van der Waals surface area contributed by atoms with Crippen LogP contribution in [0.2, 0.25) is 0 Å². The van der Waals surface area contributed by atoms with Gasteiger partial charge in [-0.25, -0.2) is 9.97 Å². The highest BCUT2D eigenvalue weighted by Gasteiger charge is 2.12. The average Bonchev–Trinajstić information content (AvgIpc) is 2.90. The Balaban J connectivity index is 2.07. The van der Waals surface area contributed by atoms with Gasteiger partial charge in [-0.05, 0) is 46.4 Å². The molecule has 0 aliphatic heterocycles. The van der Waals surface area contributed by atoms with Crippen LogP contribution in [-0.4, -0.2) is 15.0 Å². The molecule has 3 heterocycles. The van der Waals surface area contributed by atoms with Crippen LogP contribution in [0.15, 0.2) is 28.2 Å². The van der Waals surface area contributed by atoms with E-state index in [-0.39, 0.29) is 0 Å². The average molecular weight is 350 g/mol. The van der Waals surface area contributed by atoms with Crippen molar-refractivity contribution in [3.8, 4) is 11.6 Å². The molecule has 4 nitrogen and oxygen atoms in total. The minimum absolute atomic E-state index is 0.583. The fourth-order valence-electron chi connectivity index (χ4n) is 1.80. The lowest BCUT2D eigenvalue weighted by atomic mass is 10.3. The van der Waals surface area contributed by atoms with Gasteiger partial charge in [-0.3, -0.25) is 0 Å². The van der Waals surface area contributed by atoms with Crippen LogP contribution in [0.3, 0.4) is 0 Å². The molecule has 0 aliphatic carbocycles. The fraction of sp³-hybridized carbons (Fsp3) is 0.214. The molecule has 3 aromatic rings. The van der Waals surface area contributed by atoms with Gasteiger partial charge in [0.05, 0.1) is 5.39 Å². The molecule has 102 valence electrons. The molecule has 3 rings (SSSR count). The largest absolute Gasteiger partial charge is 0.435 e. The zero-order valence-electron chi connectivity index (χ0n) is 11.1. The van der Waals surface area contributed by atoms with E-state index < -0.39 is 0 Å². The van der Waals surface area contributed by atoms with Crippen molar-refractivity contribution in [3.63, 3.8) is 0 Å². The van der Waals surface area contributed by atoms with E-state index in [0.717, 1.165) is 28.2 Å². The van der Waals surface area contributed by atoms with Gasteiger partial charge in [0.25, 0.3) is 0 Å². The summed E-state index contributed by atoms with van der Waals surface area (Å²) in [6.45, 7) is 3.97. The molecular formula is C14H12BrN3OS. The molecule has 0 spiro atoms. The van der Waals surface area contributed by atoms with E-state index in [1.54, 1.807) is 11.3 Å². The van der Waals surface area contributed by atoms with Crippen LogP contribution in [-0.2, 0) is 6.42 Å². The Labute approximate surface area is 129 Å². The molecule has 0 amide bonds. The standard InChI is InChI=1S/C14H12BrN3OS/c1-3-11-17-13(9-6-7-20-14(9)18-11)19-10-5-4-8(2)16-12(10)15/h4-7H,3H2,1-2H3. The van der Waals surface area contributed by atoms with Gasteiger partial charge in [0.2, 0.25) is 5.88 Å². The summed E-state index contributed by atoms with van der Waals surface area (Å²) in [6, 6.07) is 5.77. The highest BCUT2D eigenvalue weighted by molar-refractivity contribution is 9.10. The molecular weight excluding hydrogens is 338 g/mol. The number of rotatable bonds is 3. The lowest BCUT2D eigenvalue weighted by Gasteiger charge is -2.08. The lowest BCUT2D eigenvalue weighted by Crippen LogP contribution is -1.97. The minimum Gasteiger partial charge on any atom is -0.435 e. The van der Waals surface area contributed by atoms with Crippen molar-refractivity contribution in [1.29, 1.82) is 0 Å². The van der Waals surface area contributed by atoms with Gasteiger partial charge in [-0.1, -0.05) is 6.92 Å². The smallest absolute Gasteiger partial charge is 0.231 e. The van der Waals surface area contributed by atoms with Gasteiger partial charge in [0.15, 0.2) is 5.75 Å². The summed E-state index contributed by atoms with van der Waals surface area (Å²) in [5, 5.41) is 2.92. The molecule has 0 radical (unpaired) electrons. The Morgan fingerprint density at radius 1 is 1.20 bits per heavy atom.